The van der Waals surface area contributed by atoms with Gasteiger partial charge in [0, 0.05) is 61.5 Å². The van der Waals surface area contributed by atoms with E-state index >= 15 is 0 Å². The first kappa shape index (κ1) is 30.7. The van der Waals surface area contributed by atoms with Crippen molar-refractivity contribution in [1.29, 1.82) is 0 Å². The van der Waals surface area contributed by atoms with Gasteiger partial charge < -0.3 is 9.32 Å². The number of hydrogen-bond acceptors (Lipinski definition) is 4. The molecule has 0 saturated heterocycles. The van der Waals surface area contributed by atoms with E-state index in [1.54, 1.807) is 0 Å². The lowest BCUT2D eigenvalue weighted by Gasteiger charge is -2.26. The minimum atomic E-state index is 0.828. The molecule has 5 heterocycles. The van der Waals surface area contributed by atoms with Crippen LogP contribution < -0.4 is 4.90 Å². The van der Waals surface area contributed by atoms with Gasteiger partial charge in [0.15, 0.2) is 5.58 Å². The molecule has 0 aliphatic rings. The summed E-state index contributed by atoms with van der Waals surface area (Å²) in [5.74, 6) is 1.74. The SMILES string of the molecule is c1ccc(-n2c3ccccc3c3ccc(N(c4ccc5c6ccccc6n(-c6ccccn6)c5c4)c4cccc5c4oc4c6ccccc6ccc54)cc32)nc1. The summed E-state index contributed by atoms with van der Waals surface area (Å²) in [6.07, 6.45) is 3.71. The summed E-state index contributed by atoms with van der Waals surface area (Å²) >= 11 is 0. The van der Waals surface area contributed by atoms with Crippen LogP contribution in [0.3, 0.4) is 0 Å². The van der Waals surface area contributed by atoms with Gasteiger partial charge in [-0.2, -0.15) is 0 Å². The van der Waals surface area contributed by atoms with Crippen molar-refractivity contribution in [2.45, 2.75) is 0 Å². The van der Waals surface area contributed by atoms with Crippen LogP contribution in [-0.2, 0) is 0 Å². The van der Waals surface area contributed by atoms with Crippen molar-refractivity contribution in [3.05, 3.63) is 188 Å². The molecule has 262 valence electrons. The Morgan fingerprint density at radius 2 is 0.875 bits per heavy atom. The van der Waals surface area contributed by atoms with Gasteiger partial charge in [-0.05, 0) is 78.2 Å². The summed E-state index contributed by atoms with van der Waals surface area (Å²) in [6, 6.07) is 62.1. The molecule has 0 N–H and O–H groups in total. The Balaban J connectivity index is 1.18. The van der Waals surface area contributed by atoms with Crippen LogP contribution in [0.2, 0.25) is 0 Å². The van der Waals surface area contributed by atoms with E-state index in [-0.39, 0.29) is 0 Å². The molecule has 0 aliphatic carbocycles. The van der Waals surface area contributed by atoms with E-state index in [0.29, 0.717) is 0 Å². The fourth-order valence-corrected chi connectivity index (χ4v) is 8.78. The molecule has 6 heteroatoms. The lowest BCUT2D eigenvalue weighted by atomic mass is 10.1. The van der Waals surface area contributed by atoms with Crippen molar-refractivity contribution >= 4 is 93.4 Å². The topological polar surface area (TPSA) is 52.0 Å². The lowest BCUT2D eigenvalue weighted by Crippen LogP contribution is -2.11. The average molecular weight is 718 g/mol. The van der Waals surface area contributed by atoms with Crippen molar-refractivity contribution in [3.63, 3.8) is 0 Å². The number of fused-ring (bicyclic) bond motifs is 11. The molecule has 5 aromatic heterocycles. The Bertz CT molecular complexity index is 3330. The van der Waals surface area contributed by atoms with Gasteiger partial charge in [0.25, 0.3) is 0 Å². The Kier molecular flexibility index (Phi) is 6.53. The molecule has 0 amide bonds. The van der Waals surface area contributed by atoms with E-state index in [1.807, 2.05) is 36.7 Å². The summed E-state index contributed by atoms with van der Waals surface area (Å²) < 4.78 is 11.5. The second-order valence-electron chi connectivity index (χ2n) is 14.2. The van der Waals surface area contributed by atoms with E-state index in [1.165, 1.54) is 10.8 Å². The van der Waals surface area contributed by atoms with Crippen molar-refractivity contribution in [1.82, 2.24) is 19.1 Å². The number of anilines is 3. The Hall–Kier alpha value is -7.70. The molecule has 0 aliphatic heterocycles. The van der Waals surface area contributed by atoms with E-state index < -0.39 is 0 Å². The number of pyridine rings is 2. The van der Waals surface area contributed by atoms with E-state index in [0.717, 1.165) is 94.2 Å². The fourth-order valence-electron chi connectivity index (χ4n) is 8.78. The highest BCUT2D eigenvalue weighted by Crippen LogP contribution is 2.46. The highest BCUT2D eigenvalue weighted by atomic mass is 16.3. The minimum Gasteiger partial charge on any atom is -0.453 e. The van der Waals surface area contributed by atoms with Crippen LogP contribution in [0.5, 0.6) is 0 Å². The minimum absolute atomic E-state index is 0.828. The van der Waals surface area contributed by atoms with Crippen LogP contribution >= 0.6 is 0 Å². The molecular formula is C50H31N5O. The molecule has 0 atom stereocenters. The summed E-state index contributed by atoms with van der Waals surface area (Å²) in [6.45, 7) is 0. The van der Waals surface area contributed by atoms with Gasteiger partial charge in [-0.1, -0.05) is 103 Å². The van der Waals surface area contributed by atoms with Gasteiger partial charge in [-0.3, -0.25) is 9.13 Å². The fraction of sp³-hybridized carbons (Fsp3) is 0. The molecular weight excluding hydrogens is 687 g/mol. The number of rotatable bonds is 5. The van der Waals surface area contributed by atoms with Gasteiger partial charge in [0.2, 0.25) is 0 Å². The molecule has 0 radical (unpaired) electrons. The van der Waals surface area contributed by atoms with Crippen molar-refractivity contribution in [2.24, 2.45) is 0 Å². The molecule has 12 rings (SSSR count). The third-order valence-corrected chi connectivity index (χ3v) is 11.2. The van der Waals surface area contributed by atoms with Gasteiger partial charge in [0.05, 0.1) is 27.8 Å². The van der Waals surface area contributed by atoms with Crippen molar-refractivity contribution in [2.75, 3.05) is 4.90 Å². The molecule has 0 saturated carbocycles. The molecule has 6 nitrogen and oxygen atoms in total. The van der Waals surface area contributed by atoms with Crippen LogP contribution in [-0.4, -0.2) is 19.1 Å². The Morgan fingerprint density at radius 3 is 1.48 bits per heavy atom. The summed E-state index contributed by atoms with van der Waals surface area (Å²) in [7, 11) is 0. The average Bonchev–Trinajstić information content (AvgIpc) is 3.92. The molecule has 0 fully saturated rings. The highest BCUT2D eigenvalue weighted by Gasteiger charge is 2.23. The summed E-state index contributed by atoms with van der Waals surface area (Å²) in [5.41, 5.74) is 9.01. The summed E-state index contributed by atoms with van der Waals surface area (Å²) in [5, 5.41) is 9.10. The largest absolute Gasteiger partial charge is 0.453 e. The smallest absolute Gasteiger partial charge is 0.159 e. The van der Waals surface area contributed by atoms with Crippen LogP contribution in [0, 0.1) is 0 Å². The number of furan rings is 1. The zero-order chi connectivity index (χ0) is 36.7. The Labute approximate surface area is 320 Å². The molecule has 0 unspecified atom stereocenters. The lowest BCUT2D eigenvalue weighted by molar-refractivity contribution is 0.673. The van der Waals surface area contributed by atoms with E-state index in [9.17, 15) is 0 Å². The van der Waals surface area contributed by atoms with Gasteiger partial charge in [-0.15, -0.1) is 0 Å². The zero-order valence-corrected chi connectivity index (χ0v) is 30.0. The molecule has 56 heavy (non-hydrogen) atoms. The maximum Gasteiger partial charge on any atom is 0.159 e. The third-order valence-electron chi connectivity index (χ3n) is 11.2. The second-order valence-corrected chi connectivity index (χ2v) is 14.2. The van der Waals surface area contributed by atoms with E-state index in [2.05, 4.69) is 166 Å². The first-order valence-electron chi connectivity index (χ1n) is 18.8. The monoisotopic (exact) mass is 717 g/mol. The maximum absolute atomic E-state index is 7.01. The molecule has 0 bridgehead atoms. The van der Waals surface area contributed by atoms with Gasteiger partial charge in [-0.25, -0.2) is 9.97 Å². The summed E-state index contributed by atoms with van der Waals surface area (Å²) in [4.78, 5) is 12.0. The quantitative estimate of drug-likeness (QED) is 0.178. The van der Waals surface area contributed by atoms with Crippen molar-refractivity contribution in [3.8, 4) is 11.6 Å². The van der Waals surface area contributed by atoms with Gasteiger partial charge in [0.1, 0.15) is 17.2 Å². The van der Waals surface area contributed by atoms with Crippen LogP contribution in [0.1, 0.15) is 0 Å². The number of aromatic nitrogens is 4. The molecule has 7 aromatic carbocycles. The number of para-hydroxylation sites is 3. The second kappa shape index (κ2) is 11.9. The predicted octanol–water partition coefficient (Wildman–Crippen LogP) is 13.2. The zero-order valence-electron chi connectivity index (χ0n) is 30.0. The van der Waals surface area contributed by atoms with Crippen LogP contribution in [0.25, 0.3) is 88.0 Å². The van der Waals surface area contributed by atoms with E-state index in [4.69, 9.17) is 14.4 Å². The molecule has 12 aromatic rings. The number of nitrogens with zero attached hydrogens (tertiary/aromatic N) is 5. The number of hydrogen-bond donors (Lipinski definition) is 0. The standard InChI is InChI=1S/C50H31N5O/c1-2-13-35-32(12-1)22-25-41-40-16-11-19-44(50(40)56-49(35)41)53(33-23-26-38-36-14-3-5-17-42(36)54(45(38)30-33)47-20-7-9-28-51-47)34-24-27-39-37-15-4-6-18-43(37)55(46(39)31-34)48-21-8-10-29-52-48/h1-31H. The first-order valence-corrected chi connectivity index (χ1v) is 18.8. The third kappa shape index (κ3) is 4.44. The van der Waals surface area contributed by atoms with Gasteiger partial charge >= 0.3 is 0 Å². The van der Waals surface area contributed by atoms with Crippen LogP contribution in [0.15, 0.2) is 193 Å². The maximum atomic E-state index is 7.01. The van der Waals surface area contributed by atoms with Crippen molar-refractivity contribution < 1.29 is 4.42 Å². The molecule has 0 spiro atoms. The van der Waals surface area contributed by atoms with Crippen LogP contribution in [0.4, 0.5) is 17.1 Å². The Morgan fingerprint density at radius 1 is 0.375 bits per heavy atom. The number of benzene rings is 7. The highest BCUT2D eigenvalue weighted by molar-refractivity contribution is 6.18. The predicted molar refractivity (Wildman–Crippen MR) is 230 cm³/mol. The first-order chi connectivity index (χ1) is 27.8. The normalized spacial score (nSPS) is 11.9.